The maximum Gasteiger partial charge on any atom is 0.408 e. The number of amidine groups is 1. The number of nitrogens with zero attached hydrogens (tertiary/aromatic N) is 2. The van der Waals surface area contributed by atoms with Gasteiger partial charge in [-0.15, -0.1) is 0 Å². The van der Waals surface area contributed by atoms with Gasteiger partial charge in [-0.25, -0.2) is 13.2 Å². The summed E-state index contributed by atoms with van der Waals surface area (Å²) in [6.45, 7) is 5.64. The van der Waals surface area contributed by atoms with E-state index in [0.717, 1.165) is 11.1 Å². The highest BCUT2D eigenvalue weighted by molar-refractivity contribution is 8.15. The van der Waals surface area contributed by atoms with E-state index in [-0.39, 0.29) is 29.2 Å². The van der Waals surface area contributed by atoms with Crippen molar-refractivity contribution in [1.29, 1.82) is 0 Å². The number of rotatable bonds is 7. The predicted molar refractivity (Wildman–Crippen MR) is 148 cm³/mol. The maximum atomic E-state index is 13.5. The Morgan fingerprint density at radius 3 is 2.39 bits per heavy atom. The molecule has 2 aliphatic rings. The van der Waals surface area contributed by atoms with Crippen LogP contribution in [0.2, 0.25) is 0 Å². The number of methoxy groups -OCH3 is 1. The number of sulfone groups is 1. The average molecular weight is 560 g/mol. The molecule has 11 heteroatoms. The summed E-state index contributed by atoms with van der Waals surface area (Å²) in [5.74, 6) is 0.243. The van der Waals surface area contributed by atoms with Crippen LogP contribution in [0.25, 0.3) is 0 Å². The first-order chi connectivity index (χ1) is 17.9. The molecule has 1 N–H and O–H groups in total. The van der Waals surface area contributed by atoms with Gasteiger partial charge in [0.25, 0.3) is 5.91 Å². The largest absolute Gasteiger partial charge is 0.497 e. The molecule has 0 aliphatic carbocycles. The van der Waals surface area contributed by atoms with Crippen LogP contribution in [0.15, 0.2) is 59.6 Å². The lowest BCUT2D eigenvalue weighted by Crippen LogP contribution is -2.45. The minimum Gasteiger partial charge on any atom is -0.497 e. The van der Waals surface area contributed by atoms with E-state index in [4.69, 9.17) is 9.47 Å². The van der Waals surface area contributed by atoms with Gasteiger partial charge in [0.15, 0.2) is 15.0 Å². The first-order valence-corrected chi connectivity index (χ1v) is 15.1. The van der Waals surface area contributed by atoms with Crippen LogP contribution in [0.1, 0.15) is 31.9 Å². The van der Waals surface area contributed by atoms with Crippen LogP contribution in [0.4, 0.5) is 4.79 Å². The Balaban J connectivity index is 1.60. The van der Waals surface area contributed by atoms with Crippen molar-refractivity contribution in [1.82, 2.24) is 10.2 Å². The molecule has 2 aromatic carbocycles. The fourth-order valence-corrected chi connectivity index (χ4v) is 8.38. The van der Waals surface area contributed by atoms with Crippen molar-refractivity contribution in [3.05, 3.63) is 65.7 Å². The number of hydrogen-bond acceptors (Lipinski definition) is 7. The quantitative estimate of drug-likeness (QED) is 0.549. The zero-order chi connectivity index (χ0) is 27.5. The van der Waals surface area contributed by atoms with Crippen LogP contribution in [0.3, 0.4) is 0 Å². The van der Waals surface area contributed by atoms with Gasteiger partial charge in [-0.3, -0.25) is 4.79 Å². The summed E-state index contributed by atoms with van der Waals surface area (Å²) in [7, 11) is -1.59. The SMILES string of the molecule is COc1ccc(CN2C(=NC(=O)[C@H](Cc3ccccc3)NC(=O)OC(C)(C)C)S[C@H]3CS(=O)(=O)C[C@H]32)cc1. The van der Waals surface area contributed by atoms with Gasteiger partial charge in [0.1, 0.15) is 17.4 Å². The minimum absolute atomic E-state index is 0.0115. The van der Waals surface area contributed by atoms with Crippen molar-refractivity contribution in [3.63, 3.8) is 0 Å². The van der Waals surface area contributed by atoms with Crippen LogP contribution >= 0.6 is 11.8 Å². The molecular weight excluding hydrogens is 526 g/mol. The topological polar surface area (TPSA) is 114 Å². The number of carbonyl (C=O) groups excluding carboxylic acids is 2. The Bertz CT molecular complexity index is 1290. The number of hydrogen-bond donors (Lipinski definition) is 1. The summed E-state index contributed by atoms with van der Waals surface area (Å²) in [5.41, 5.74) is 1.07. The Labute approximate surface area is 227 Å². The summed E-state index contributed by atoms with van der Waals surface area (Å²) >= 11 is 1.31. The molecule has 9 nitrogen and oxygen atoms in total. The Morgan fingerprint density at radius 2 is 1.76 bits per heavy atom. The summed E-state index contributed by atoms with van der Waals surface area (Å²) in [6.07, 6.45) is -0.468. The van der Waals surface area contributed by atoms with Crippen LogP contribution in [0, 0.1) is 0 Å². The van der Waals surface area contributed by atoms with Gasteiger partial charge < -0.3 is 19.7 Å². The number of carbonyl (C=O) groups is 2. The Kier molecular flexibility index (Phi) is 8.37. The predicted octanol–water partition coefficient (Wildman–Crippen LogP) is 3.43. The van der Waals surface area contributed by atoms with Crippen LogP contribution < -0.4 is 10.1 Å². The number of alkyl carbamates (subject to hydrolysis) is 1. The summed E-state index contributed by atoms with van der Waals surface area (Å²) in [5, 5.41) is 2.93. The molecule has 2 aliphatic heterocycles. The lowest BCUT2D eigenvalue weighted by Gasteiger charge is -2.25. The van der Waals surface area contributed by atoms with E-state index in [0.29, 0.717) is 17.5 Å². The molecule has 0 spiro atoms. The molecule has 2 fully saturated rings. The third kappa shape index (κ3) is 7.28. The highest BCUT2D eigenvalue weighted by Crippen LogP contribution is 2.39. The Hall–Kier alpha value is -3.05. The molecular formula is C27H33N3O6S2. The first-order valence-electron chi connectivity index (χ1n) is 12.3. The standard InChI is InChI=1S/C27H33N3O6S2/c1-27(2,3)36-26(32)28-21(14-18-8-6-5-7-9-18)24(31)29-25-30(15-19-10-12-20(35-4)13-11-19)22-16-38(33,34)17-23(22)37-25/h5-13,21-23H,14-17H2,1-4H3,(H,28,32)/t21-,22+,23-/m0/s1. The van der Waals surface area contributed by atoms with E-state index in [1.54, 1.807) is 27.9 Å². The number of benzene rings is 2. The zero-order valence-corrected chi connectivity index (χ0v) is 23.6. The first kappa shape index (κ1) is 28.0. The van der Waals surface area contributed by atoms with Gasteiger partial charge in [-0.05, 0) is 44.0 Å². The van der Waals surface area contributed by atoms with E-state index in [2.05, 4.69) is 10.3 Å². The second-order valence-corrected chi connectivity index (χ2v) is 13.8. The van der Waals surface area contributed by atoms with Crippen molar-refractivity contribution in [2.75, 3.05) is 18.6 Å². The monoisotopic (exact) mass is 559 g/mol. The summed E-state index contributed by atoms with van der Waals surface area (Å²) in [6, 6.07) is 15.6. The van der Waals surface area contributed by atoms with Gasteiger partial charge >= 0.3 is 6.09 Å². The molecule has 0 radical (unpaired) electrons. The molecule has 2 aromatic rings. The maximum absolute atomic E-state index is 13.5. The number of thioether (sulfide) groups is 1. The van der Waals surface area contributed by atoms with E-state index >= 15 is 0 Å². The molecule has 4 rings (SSSR count). The molecule has 2 saturated heterocycles. The van der Waals surface area contributed by atoms with Crippen molar-refractivity contribution < 1.29 is 27.5 Å². The summed E-state index contributed by atoms with van der Waals surface area (Å²) < 4.78 is 35.4. The van der Waals surface area contributed by atoms with E-state index in [1.807, 2.05) is 59.5 Å². The summed E-state index contributed by atoms with van der Waals surface area (Å²) in [4.78, 5) is 32.4. The smallest absolute Gasteiger partial charge is 0.408 e. The van der Waals surface area contributed by atoms with Gasteiger partial charge in [0.05, 0.1) is 24.7 Å². The molecule has 0 saturated carbocycles. The molecule has 204 valence electrons. The van der Waals surface area contributed by atoms with E-state index < -0.39 is 33.5 Å². The Morgan fingerprint density at radius 1 is 1.08 bits per heavy atom. The molecule has 38 heavy (non-hydrogen) atoms. The third-order valence-electron chi connectivity index (χ3n) is 6.16. The molecule has 2 heterocycles. The van der Waals surface area contributed by atoms with Crippen LogP contribution in [0.5, 0.6) is 5.75 Å². The van der Waals surface area contributed by atoms with Gasteiger partial charge in [-0.2, -0.15) is 4.99 Å². The van der Waals surface area contributed by atoms with E-state index in [9.17, 15) is 18.0 Å². The van der Waals surface area contributed by atoms with Gasteiger partial charge in [-0.1, -0.05) is 54.2 Å². The van der Waals surface area contributed by atoms with Crippen molar-refractivity contribution in [3.8, 4) is 5.75 Å². The van der Waals surface area contributed by atoms with Crippen LogP contribution in [-0.4, -0.2) is 72.0 Å². The minimum atomic E-state index is -3.18. The second kappa shape index (κ2) is 11.4. The van der Waals surface area contributed by atoms with Crippen molar-refractivity contribution in [2.45, 2.75) is 56.7 Å². The normalized spacial score (nSPS) is 22.1. The third-order valence-corrected chi connectivity index (χ3v) is 9.41. The van der Waals surface area contributed by atoms with Crippen molar-refractivity contribution in [2.24, 2.45) is 4.99 Å². The number of fused-ring (bicyclic) bond motifs is 1. The molecule has 0 bridgehead atoms. The zero-order valence-electron chi connectivity index (χ0n) is 21.9. The highest BCUT2D eigenvalue weighted by Gasteiger charge is 2.49. The van der Waals surface area contributed by atoms with Crippen molar-refractivity contribution >= 4 is 38.8 Å². The van der Waals surface area contributed by atoms with Gasteiger partial charge in [0, 0.05) is 18.2 Å². The van der Waals surface area contributed by atoms with E-state index in [1.165, 1.54) is 11.8 Å². The fraction of sp³-hybridized carbons (Fsp3) is 0.444. The number of nitrogens with one attached hydrogen (secondary N) is 1. The van der Waals surface area contributed by atoms with Gasteiger partial charge in [0.2, 0.25) is 0 Å². The lowest BCUT2D eigenvalue weighted by atomic mass is 10.1. The number of amides is 2. The molecule has 0 aromatic heterocycles. The molecule has 2 amide bonds. The molecule has 0 unspecified atom stereocenters. The lowest BCUT2D eigenvalue weighted by molar-refractivity contribution is -0.119. The van der Waals surface area contributed by atoms with Crippen LogP contribution in [-0.2, 0) is 32.3 Å². The molecule has 3 atom stereocenters. The number of aliphatic imine (C=N–C) groups is 1. The second-order valence-electron chi connectivity index (χ2n) is 10.4. The fourth-order valence-electron chi connectivity index (χ4n) is 4.42. The number of ether oxygens (including phenoxy) is 2. The average Bonchev–Trinajstić information content (AvgIpc) is 3.30. The highest BCUT2D eigenvalue weighted by atomic mass is 32.2.